The number of hydrogen-bond donors (Lipinski definition) is 0. The monoisotopic (exact) mass is 397 g/mol. The average Bonchev–Trinajstić information content (AvgIpc) is 2.72. The lowest BCUT2D eigenvalue weighted by Crippen LogP contribution is -2.31. The lowest BCUT2D eigenvalue weighted by atomic mass is 10.00. The minimum Gasteiger partial charge on any atom is -0.478 e. The number of methoxy groups -OCH3 is 1. The quantitative estimate of drug-likeness (QED) is 0.497. The molecular weight excluding hydrogens is 377 g/mol. The van der Waals surface area contributed by atoms with Crippen LogP contribution in [-0.2, 0) is 29.0 Å². The van der Waals surface area contributed by atoms with Crippen molar-refractivity contribution in [2.24, 2.45) is 0 Å². The molecule has 1 aliphatic heterocycles. The van der Waals surface area contributed by atoms with Crippen LogP contribution in [0.3, 0.4) is 0 Å². The number of carbonyl (C=O) groups excluding carboxylic acids is 1. The molecule has 0 saturated heterocycles. The van der Waals surface area contributed by atoms with Gasteiger partial charge < -0.3 is 13.9 Å². The molecule has 4 rings (SSSR count). The molecule has 0 unspecified atom stereocenters. The van der Waals surface area contributed by atoms with Crippen LogP contribution in [0, 0.1) is 12.7 Å². The number of halogens is 1. The van der Waals surface area contributed by atoms with E-state index in [1.165, 1.54) is 19.2 Å². The van der Waals surface area contributed by atoms with E-state index >= 15 is 0 Å². The zero-order valence-electron chi connectivity index (χ0n) is 16.2. The Kier molecular flexibility index (Phi) is 5.07. The summed E-state index contributed by atoms with van der Waals surface area (Å²) in [6, 6.07) is 10.0. The van der Waals surface area contributed by atoms with Gasteiger partial charge in [-0.25, -0.2) is 9.18 Å². The maximum atomic E-state index is 13.1. The fourth-order valence-electron chi connectivity index (χ4n) is 3.58. The van der Waals surface area contributed by atoms with Crippen molar-refractivity contribution < 1.29 is 23.1 Å². The van der Waals surface area contributed by atoms with Crippen LogP contribution in [0.2, 0.25) is 0 Å². The minimum atomic E-state index is -0.551. The normalized spacial score (nSPS) is 13.8. The Labute approximate surface area is 166 Å². The van der Waals surface area contributed by atoms with Crippen LogP contribution in [0.4, 0.5) is 4.39 Å². The summed E-state index contributed by atoms with van der Waals surface area (Å²) in [6.07, 6.45) is -0.134. The summed E-state index contributed by atoms with van der Waals surface area (Å²) in [6.45, 7) is 3.26. The first-order valence-corrected chi connectivity index (χ1v) is 9.21. The molecule has 0 saturated carbocycles. The third-order valence-electron chi connectivity index (χ3n) is 5.17. The van der Waals surface area contributed by atoms with Gasteiger partial charge in [-0.15, -0.1) is 0 Å². The highest BCUT2D eigenvalue weighted by atomic mass is 19.1. The molecule has 3 aromatic rings. The van der Waals surface area contributed by atoms with Crippen molar-refractivity contribution in [3.05, 3.63) is 74.9 Å². The van der Waals surface area contributed by atoms with E-state index in [4.69, 9.17) is 9.15 Å². The van der Waals surface area contributed by atoms with E-state index in [0.29, 0.717) is 42.3 Å². The number of ether oxygens (including phenoxy) is 2. The third kappa shape index (κ3) is 3.73. The zero-order valence-corrected chi connectivity index (χ0v) is 16.2. The van der Waals surface area contributed by atoms with Crippen molar-refractivity contribution in [1.82, 2.24) is 4.90 Å². The number of benzene rings is 2. The predicted octanol–water partition coefficient (Wildman–Crippen LogP) is 3.31. The van der Waals surface area contributed by atoms with Gasteiger partial charge in [0.2, 0.25) is 0 Å². The first-order valence-electron chi connectivity index (χ1n) is 9.21. The molecule has 1 aliphatic rings. The Morgan fingerprint density at radius 2 is 1.97 bits per heavy atom. The molecule has 0 fully saturated rings. The number of rotatable bonds is 4. The molecule has 0 aliphatic carbocycles. The lowest BCUT2D eigenvalue weighted by Gasteiger charge is -2.29. The van der Waals surface area contributed by atoms with Gasteiger partial charge in [-0.2, -0.15) is 0 Å². The Morgan fingerprint density at radius 3 is 2.69 bits per heavy atom. The zero-order chi connectivity index (χ0) is 20.5. The first kappa shape index (κ1) is 19.1. The van der Waals surface area contributed by atoms with Crippen molar-refractivity contribution in [3.63, 3.8) is 0 Å². The highest BCUT2D eigenvalue weighted by Gasteiger charge is 2.24. The fourth-order valence-corrected chi connectivity index (χ4v) is 3.58. The SMILES string of the molecule is COC(=O)Cc1c(C)c2ccc3c(c2oc1=O)CN(Cc1ccc(F)cc1)CO3. The van der Waals surface area contributed by atoms with Crippen molar-refractivity contribution in [1.29, 1.82) is 0 Å². The van der Waals surface area contributed by atoms with E-state index < -0.39 is 11.6 Å². The lowest BCUT2D eigenvalue weighted by molar-refractivity contribution is -0.139. The maximum absolute atomic E-state index is 13.1. The highest BCUT2D eigenvalue weighted by Crippen LogP contribution is 2.34. The smallest absolute Gasteiger partial charge is 0.340 e. The summed E-state index contributed by atoms with van der Waals surface area (Å²) < 4.78 is 29.3. The van der Waals surface area contributed by atoms with Gasteiger partial charge in [-0.3, -0.25) is 9.69 Å². The highest BCUT2D eigenvalue weighted by molar-refractivity contribution is 5.87. The number of carbonyl (C=O) groups is 1. The molecule has 29 heavy (non-hydrogen) atoms. The predicted molar refractivity (Wildman–Crippen MR) is 104 cm³/mol. The van der Waals surface area contributed by atoms with Gasteiger partial charge in [0, 0.05) is 18.5 Å². The van der Waals surface area contributed by atoms with Gasteiger partial charge in [0.1, 0.15) is 23.9 Å². The summed E-state index contributed by atoms with van der Waals surface area (Å²) in [5.41, 5.74) is 2.63. The topological polar surface area (TPSA) is 69.0 Å². The number of nitrogens with zero attached hydrogens (tertiary/aromatic N) is 1. The van der Waals surface area contributed by atoms with Crippen molar-refractivity contribution in [2.75, 3.05) is 13.8 Å². The van der Waals surface area contributed by atoms with Crippen LogP contribution in [0.1, 0.15) is 22.3 Å². The molecule has 0 amide bonds. The second kappa shape index (κ2) is 7.67. The largest absolute Gasteiger partial charge is 0.478 e. The van der Waals surface area contributed by atoms with Crippen LogP contribution in [0.5, 0.6) is 5.75 Å². The van der Waals surface area contributed by atoms with Crippen LogP contribution < -0.4 is 10.4 Å². The fraction of sp³-hybridized carbons (Fsp3) is 0.273. The first-order chi connectivity index (χ1) is 14.0. The standard InChI is InChI=1S/C22H20FNO5/c1-13-16-7-8-19-18(21(16)29-22(26)17(13)9-20(25)27-2)11-24(12-28-19)10-14-3-5-15(23)6-4-14/h3-8H,9-12H2,1-2H3. The van der Waals surface area contributed by atoms with Crippen LogP contribution in [0.15, 0.2) is 45.6 Å². The number of hydrogen-bond acceptors (Lipinski definition) is 6. The van der Waals surface area contributed by atoms with E-state index in [1.807, 2.05) is 17.0 Å². The third-order valence-corrected chi connectivity index (χ3v) is 5.17. The minimum absolute atomic E-state index is 0.134. The summed E-state index contributed by atoms with van der Waals surface area (Å²) >= 11 is 0. The molecular formula is C22H20FNO5. The molecule has 1 aromatic heterocycles. The summed E-state index contributed by atoms with van der Waals surface area (Å²) in [5.74, 6) is -0.109. The van der Waals surface area contributed by atoms with E-state index in [2.05, 4.69) is 4.74 Å². The van der Waals surface area contributed by atoms with Gasteiger partial charge in [0.15, 0.2) is 0 Å². The van der Waals surface area contributed by atoms with E-state index in [0.717, 1.165) is 16.5 Å². The van der Waals surface area contributed by atoms with E-state index in [9.17, 15) is 14.0 Å². The van der Waals surface area contributed by atoms with Gasteiger partial charge >= 0.3 is 11.6 Å². The molecule has 150 valence electrons. The average molecular weight is 397 g/mol. The van der Waals surface area contributed by atoms with E-state index in [1.54, 1.807) is 19.1 Å². The van der Waals surface area contributed by atoms with Gasteiger partial charge in [-0.1, -0.05) is 12.1 Å². The van der Waals surface area contributed by atoms with Gasteiger partial charge in [0.05, 0.1) is 24.7 Å². The van der Waals surface area contributed by atoms with Gasteiger partial charge in [0.25, 0.3) is 0 Å². The molecule has 0 N–H and O–H groups in total. The molecule has 2 heterocycles. The van der Waals surface area contributed by atoms with Crippen molar-refractivity contribution in [2.45, 2.75) is 26.4 Å². The molecule has 0 atom stereocenters. The maximum Gasteiger partial charge on any atom is 0.340 e. The summed E-state index contributed by atoms with van der Waals surface area (Å²) in [5, 5.41) is 0.759. The van der Waals surface area contributed by atoms with Crippen LogP contribution >= 0.6 is 0 Å². The molecule has 0 spiro atoms. The molecule has 0 bridgehead atoms. The Hall–Kier alpha value is -3.19. The second-order valence-electron chi connectivity index (χ2n) is 7.05. The van der Waals surface area contributed by atoms with E-state index in [-0.39, 0.29) is 12.2 Å². The van der Waals surface area contributed by atoms with Crippen molar-refractivity contribution in [3.8, 4) is 5.75 Å². The number of aryl methyl sites for hydroxylation is 1. The van der Waals surface area contributed by atoms with Crippen LogP contribution in [-0.4, -0.2) is 24.7 Å². The second-order valence-corrected chi connectivity index (χ2v) is 7.05. The number of esters is 1. The van der Waals surface area contributed by atoms with Gasteiger partial charge in [-0.05, 0) is 42.3 Å². The Bertz CT molecular complexity index is 1140. The number of fused-ring (bicyclic) bond motifs is 3. The summed E-state index contributed by atoms with van der Waals surface area (Å²) in [7, 11) is 1.28. The Balaban J connectivity index is 1.70. The molecule has 7 heteroatoms. The molecule has 2 aromatic carbocycles. The molecule has 6 nitrogen and oxygen atoms in total. The van der Waals surface area contributed by atoms with Crippen LogP contribution in [0.25, 0.3) is 11.0 Å². The Morgan fingerprint density at radius 1 is 1.21 bits per heavy atom. The molecule has 0 radical (unpaired) electrons. The van der Waals surface area contributed by atoms with Crippen molar-refractivity contribution >= 4 is 16.9 Å². The summed E-state index contributed by atoms with van der Waals surface area (Å²) in [4.78, 5) is 26.2.